The maximum atomic E-state index is 15.2. The number of nitriles is 1. The van der Waals surface area contributed by atoms with E-state index < -0.39 is 5.82 Å². The Morgan fingerprint density at radius 1 is 1.11 bits per heavy atom. The minimum Gasteiger partial charge on any atom is -0.494 e. The Hall–Kier alpha value is -3.80. The minimum atomic E-state index is -0.663. The molecule has 8 nitrogen and oxygen atoms in total. The van der Waals surface area contributed by atoms with E-state index in [1.165, 1.54) is 14.2 Å². The van der Waals surface area contributed by atoms with Gasteiger partial charge in [0.25, 0.3) is 0 Å². The molecule has 2 aliphatic heterocycles. The van der Waals surface area contributed by atoms with Crippen LogP contribution in [0.5, 0.6) is 17.2 Å². The molecule has 4 rings (SSSR count). The number of nitrogens with one attached hydrogen (secondary N) is 1. The molecule has 0 aromatic heterocycles. The van der Waals surface area contributed by atoms with Crippen LogP contribution in [0.3, 0.4) is 0 Å². The average molecular weight is 523 g/mol. The first-order valence-corrected chi connectivity index (χ1v) is 12.7. The summed E-state index contributed by atoms with van der Waals surface area (Å²) in [7, 11) is 4.42. The zero-order valence-corrected chi connectivity index (χ0v) is 22.9. The van der Waals surface area contributed by atoms with E-state index in [0.717, 1.165) is 29.8 Å². The van der Waals surface area contributed by atoms with Gasteiger partial charge in [0.15, 0.2) is 23.1 Å². The van der Waals surface area contributed by atoms with Gasteiger partial charge < -0.3 is 24.0 Å². The number of nitrogens with zero attached hydrogens (tertiary/aromatic N) is 3. The van der Waals surface area contributed by atoms with Crippen molar-refractivity contribution in [3.05, 3.63) is 46.3 Å². The number of ketones is 1. The van der Waals surface area contributed by atoms with Gasteiger partial charge in [-0.3, -0.25) is 10.2 Å². The number of benzene rings is 2. The van der Waals surface area contributed by atoms with Gasteiger partial charge in [-0.1, -0.05) is 20.8 Å². The number of halogens is 1. The molecule has 0 unspecified atom stereocenters. The molecule has 2 heterocycles. The molecule has 0 radical (unpaired) electrons. The molecular formula is C29H35FN4O4. The van der Waals surface area contributed by atoms with Crippen LogP contribution in [0.4, 0.5) is 10.1 Å². The third kappa shape index (κ3) is 4.87. The number of anilines is 1. The zero-order valence-electron chi connectivity index (χ0n) is 22.9. The van der Waals surface area contributed by atoms with Crippen molar-refractivity contribution in [3.63, 3.8) is 0 Å². The normalized spacial score (nSPS) is 15.8. The molecule has 0 atom stereocenters. The molecular weight excluding hydrogens is 487 g/mol. The van der Waals surface area contributed by atoms with Gasteiger partial charge in [0.05, 0.1) is 45.2 Å². The molecule has 2 aliphatic rings. The van der Waals surface area contributed by atoms with Crippen LogP contribution in [0.25, 0.3) is 0 Å². The number of fused-ring (bicyclic) bond motifs is 1. The van der Waals surface area contributed by atoms with Gasteiger partial charge in [0.2, 0.25) is 0 Å². The first-order chi connectivity index (χ1) is 18.0. The van der Waals surface area contributed by atoms with Crippen molar-refractivity contribution in [2.45, 2.75) is 45.6 Å². The summed E-state index contributed by atoms with van der Waals surface area (Å²) in [5.74, 6) is 0.0535. The Bertz CT molecular complexity index is 1300. The number of piperidine rings is 1. The Balaban J connectivity index is 1.67. The van der Waals surface area contributed by atoms with Gasteiger partial charge in [-0.05, 0) is 42.0 Å². The van der Waals surface area contributed by atoms with E-state index in [0.29, 0.717) is 24.2 Å². The maximum absolute atomic E-state index is 15.2. The van der Waals surface area contributed by atoms with Crippen molar-refractivity contribution >= 4 is 17.3 Å². The van der Waals surface area contributed by atoms with Gasteiger partial charge in [-0.15, -0.1) is 0 Å². The SMILES string of the molecule is COc1cc2c(c(F)c1OC)C(=N)N(CC(=O)c1cc(N3CCC(C#N)CC3)c(OC)c(C(C)(C)C)c1)C2. The lowest BCUT2D eigenvalue weighted by molar-refractivity contribution is 0.0962. The predicted molar refractivity (Wildman–Crippen MR) is 143 cm³/mol. The number of rotatable bonds is 7. The summed E-state index contributed by atoms with van der Waals surface area (Å²) < 4.78 is 31.5. The van der Waals surface area contributed by atoms with Crippen molar-refractivity contribution in [1.29, 1.82) is 10.7 Å². The molecule has 1 N–H and O–H groups in total. The predicted octanol–water partition coefficient (Wildman–Crippen LogP) is 4.91. The molecule has 0 aliphatic carbocycles. The molecule has 2 aromatic rings. The van der Waals surface area contributed by atoms with Crippen LogP contribution >= 0.6 is 0 Å². The highest BCUT2D eigenvalue weighted by Gasteiger charge is 2.34. The second-order valence-corrected chi connectivity index (χ2v) is 10.8. The first kappa shape index (κ1) is 27.2. The number of methoxy groups -OCH3 is 3. The van der Waals surface area contributed by atoms with Crippen LogP contribution in [0.2, 0.25) is 0 Å². The number of Topliss-reactive ketones (excluding diaryl/α,β-unsaturated/α-hetero) is 1. The van der Waals surface area contributed by atoms with Crippen molar-refractivity contribution in [3.8, 4) is 23.3 Å². The Labute approximate surface area is 223 Å². The lowest BCUT2D eigenvalue weighted by Gasteiger charge is -2.34. The van der Waals surface area contributed by atoms with Gasteiger partial charge in [-0.25, -0.2) is 4.39 Å². The monoisotopic (exact) mass is 522 g/mol. The fourth-order valence-electron chi connectivity index (χ4n) is 5.25. The van der Waals surface area contributed by atoms with E-state index in [9.17, 15) is 10.1 Å². The van der Waals surface area contributed by atoms with Crippen LogP contribution in [-0.4, -0.2) is 57.5 Å². The molecule has 0 spiro atoms. The first-order valence-electron chi connectivity index (χ1n) is 12.7. The standard InChI is InChI=1S/C29H35FN4O4/c1-29(2,3)20-11-18(12-21(26(20)37-5)33-9-7-17(14-31)8-10-33)22(35)16-34-15-19-13-23(36-4)27(38-6)25(30)24(19)28(34)32/h11-13,17,32H,7-10,15-16H2,1-6H3. The molecule has 9 heteroatoms. The number of hydrogen-bond donors (Lipinski definition) is 1. The molecule has 1 saturated heterocycles. The average Bonchev–Trinajstić information content (AvgIpc) is 3.21. The van der Waals surface area contributed by atoms with Crippen molar-refractivity contribution < 1.29 is 23.4 Å². The zero-order chi connectivity index (χ0) is 27.8. The topological polar surface area (TPSA) is 98.9 Å². The van der Waals surface area contributed by atoms with Crippen molar-refractivity contribution in [2.24, 2.45) is 5.92 Å². The summed E-state index contributed by atoms with van der Waals surface area (Å²) in [4.78, 5) is 17.4. The molecule has 2 aromatic carbocycles. The maximum Gasteiger partial charge on any atom is 0.197 e. The van der Waals surface area contributed by atoms with E-state index in [-0.39, 0.29) is 53.1 Å². The molecule has 38 heavy (non-hydrogen) atoms. The number of ether oxygens (including phenoxy) is 3. The minimum absolute atomic E-state index is 0.0320. The second kappa shape index (κ2) is 10.5. The lowest BCUT2D eigenvalue weighted by atomic mass is 9.84. The molecule has 1 fully saturated rings. The third-order valence-electron chi connectivity index (χ3n) is 7.36. The molecule has 0 amide bonds. The van der Waals surface area contributed by atoms with Gasteiger partial charge in [0, 0.05) is 36.7 Å². The summed E-state index contributed by atoms with van der Waals surface area (Å²) in [5.41, 5.74) is 2.65. The van der Waals surface area contributed by atoms with Gasteiger partial charge >= 0.3 is 0 Å². The number of hydrogen-bond acceptors (Lipinski definition) is 7. The highest BCUT2D eigenvalue weighted by atomic mass is 19.1. The summed E-state index contributed by atoms with van der Waals surface area (Å²) in [5, 5.41) is 17.9. The van der Waals surface area contributed by atoms with Crippen LogP contribution in [-0.2, 0) is 12.0 Å². The van der Waals surface area contributed by atoms with Crippen LogP contribution in [0.1, 0.15) is 60.7 Å². The highest BCUT2D eigenvalue weighted by Crippen LogP contribution is 2.42. The fourth-order valence-corrected chi connectivity index (χ4v) is 5.25. The summed E-state index contributed by atoms with van der Waals surface area (Å²) >= 11 is 0. The van der Waals surface area contributed by atoms with E-state index >= 15 is 4.39 Å². The Morgan fingerprint density at radius 3 is 2.32 bits per heavy atom. The largest absolute Gasteiger partial charge is 0.494 e. The molecule has 202 valence electrons. The van der Waals surface area contributed by atoms with Crippen molar-refractivity contribution in [1.82, 2.24) is 4.90 Å². The van der Waals surface area contributed by atoms with Gasteiger partial charge in [-0.2, -0.15) is 5.26 Å². The van der Waals surface area contributed by atoms with E-state index in [1.807, 2.05) is 12.1 Å². The second-order valence-electron chi connectivity index (χ2n) is 10.8. The third-order valence-corrected chi connectivity index (χ3v) is 7.36. The Morgan fingerprint density at radius 2 is 1.76 bits per heavy atom. The van der Waals surface area contributed by atoms with E-state index in [4.69, 9.17) is 19.6 Å². The quantitative estimate of drug-likeness (QED) is 0.516. The van der Waals surface area contributed by atoms with Crippen molar-refractivity contribution in [2.75, 3.05) is 45.9 Å². The smallest absolute Gasteiger partial charge is 0.197 e. The van der Waals surface area contributed by atoms with E-state index in [1.54, 1.807) is 18.1 Å². The van der Waals surface area contributed by atoms with Crippen LogP contribution in [0, 0.1) is 28.5 Å². The number of carbonyl (C=O) groups is 1. The van der Waals surface area contributed by atoms with E-state index in [2.05, 4.69) is 31.7 Å². The van der Waals surface area contributed by atoms with Crippen LogP contribution in [0.15, 0.2) is 18.2 Å². The summed E-state index contributed by atoms with van der Waals surface area (Å²) in [6, 6.07) is 7.73. The summed E-state index contributed by atoms with van der Waals surface area (Å²) in [6.07, 6.45) is 1.51. The molecule has 0 saturated carbocycles. The molecule has 0 bridgehead atoms. The summed E-state index contributed by atoms with van der Waals surface area (Å²) in [6.45, 7) is 7.75. The van der Waals surface area contributed by atoms with Gasteiger partial charge in [0.1, 0.15) is 11.6 Å². The fraction of sp³-hybridized carbons (Fsp3) is 0.483. The van der Waals surface area contributed by atoms with Crippen LogP contribution < -0.4 is 19.1 Å². The number of amidine groups is 1. The number of carbonyl (C=O) groups excluding carboxylic acids is 1. The lowest BCUT2D eigenvalue weighted by Crippen LogP contribution is -2.34. The highest BCUT2D eigenvalue weighted by molar-refractivity contribution is 6.06. The Kier molecular flexibility index (Phi) is 7.54.